The maximum atomic E-state index is 4.55. The topological polar surface area (TPSA) is 28.7 Å². The van der Waals surface area contributed by atoms with Gasteiger partial charge in [0.05, 0.1) is 5.69 Å². The van der Waals surface area contributed by atoms with Crippen molar-refractivity contribution in [3.63, 3.8) is 0 Å². The molecule has 0 aliphatic carbocycles. The Hall–Kier alpha value is -1.57. The maximum Gasteiger partial charge on any atom is 0.106 e. The number of aryl methyl sites for hydroxylation is 4. The SMILES string of the molecule is CCc1nc(CCCc2c(C)cccc2C)c[nH]1. The van der Waals surface area contributed by atoms with E-state index in [0.717, 1.165) is 25.1 Å². The molecule has 1 aromatic carbocycles. The van der Waals surface area contributed by atoms with Gasteiger partial charge in [0.1, 0.15) is 5.82 Å². The molecule has 0 aliphatic rings. The van der Waals surface area contributed by atoms with E-state index in [1.165, 1.54) is 28.8 Å². The van der Waals surface area contributed by atoms with Crippen LogP contribution >= 0.6 is 0 Å². The number of imidazole rings is 1. The molecule has 0 bridgehead atoms. The zero-order valence-corrected chi connectivity index (χ0v) is 11.6. The van der Waals surface area contributed by atoms with E-state index in [0.29, 0.717) is 0 Å². The second-order valence-electron chi connectivity index (χ2n) is 4.92. The summed E-state index contributed by atoms with van der Waals surface area (Å²) < 4.78 is 0. The van der Waals surface area contributed by atoms with E-state index in [9.17, 15) is 0 Å². The molecule has 96 valence electrons. The number of nitrogens with zero attached hydrogens (tertiary/aromatic N) is 1. The lowest BCUT2D eigenvalue weighted by Crippen LogP contribution is -1.96. The quantitative estimate of drug-likeness (QED) is 0.849. The molecule has 0 aliphatic heterocycles. The fourth-order valence-corrected chi connectivity index (χ4v) is 2.40. The summed E-state index contributed by atoms with van der Waals surface area (Å²) in [4.78, 5) is 7.76. The lowest BCUT2D eigenvalue weighted by atomic mass is 9.97. The van der Waals surface area contributed by atoms with Crippen molar-refractivity contribution in [2.45, 2.75) is 46.5 Å². The van der Waals surface area contributed by atoms with E-state index >= 15 is 0 Å². The van der Waals surface area contributed by atoms with Crippen LogP contribution in [0.2, 0.25) is 0 Å². The molecule has 0 spiro atoms. The molecule has 0 amide bonds. The van der Waals surface area contributed by atoms with E-state index < -0.39 is 0 Å². The van der Waals surface area contributed by atoms with Crippen molar-refractivity contribution in [1.29, 1.82) is 0 Å². The van der Waals surface area contributed by atoms with E-state index in [1.54, 1.807) is 0 Å². The summed E-state index contributed by atoms with van der Waals surface area (Å²) in [6.45, 7) is 6.53. The van der Waals surface area contributed by atoms with Crippen LogP contribution in [0.25, 0.3) is 0 Å². The fraction of sp³-hybridized carbons (Fsp3) is 0.438. The molecule has 18 heavy (non-hydrogen) atoms. The number of benzene rings is 1. The molecule has 2 rings (SSSR count). The van der Waals surface area contributed by atoms with Crippen LogP contribution in [0.5, 0.6) is 0 Å². The molecule has 0 saturated heterocycles. The first-order valence-electron chi connectivity index (χ1n) is 6.79. The van der Waals surface area contributed by atoms with Gasteiger partial charge in [0.15, 0.2) is 0 Å². The normalized spacial score (nSPS) is 10.8. The summed E-state index contributed by atoms with van der Waals surface area (Å²) in [6, 6.07) is 6.54. The lowest BCUT2D eigenvalue weighted by Gasteiger charge is -2.08. The number of aromatic amines is 1. The predicted molar refractivity (Wildman–Crippen MR) is 75.9 cm³/mol. The lowest BCUT2D eigenvalue weighted by molar-refractivity contribution is 0.792. The predicted octanol–water partition coefficient (Wildman–Crippen LogP) is 3.76. The third-order valence-corrected chi connectivity index (χ3v) is 3.52. The molecular weight excluding hydrogens is 220 g/mol. The third-order valence-electron chi connectivity index (χ3n) is 3.52. The largest absolute Gasteiger partial charge is 0.348 e. The van der Waals surface area contributed by atoms with Gasteiger partial charge in [-0.2, -0.15) is 0 Å². The first-order chi connectivity index (χ1) is 8.70. The van der Waals surface area contributed by atoms with E-state index in [2.05, 4.69) is 48.9 Å². The Labute approximate surface area is 109 Å². The van der Waals surface area contributed by atoms with Crippen molar-refractivity contribution in [2.75, 3.05) is 0 Å². The number of aromatic nitrogens is 2. The van der Waals surface area contributed by atoms with Crippen molar-refractivity contribution >= 4 is 0 Å². The smallest absolute Gasteiger partial charge is 0.106 e. The number of hydrogen-bond donors (Lipinski definition) is 1. The highest BCUT2D eigenvalue weighted by Crippen LogP contribution is 2.16. The van der Waals surface area contributed by atoms with Gasteiger partial charge in [-0.3, -0.25) is 0 Å². The Morgan fingerprint density at radius 1 is 1.11 bits per heavy atom. The first-order valence-corrected chi connectivity index (χ1v) is 6.79. The number of nitrogens with one attached hydrogen (secondary N) is 1. The molecule has 2 aromatic rings. The molecule has 0 radical (unpaired) electrons. The van der Waals surface area contributed by atoms with Crippen LogP contribution in [0.1, 0.15) is 41.6 Å². The molecule has 2 heteroatoms. The minimum Gasteiger partial charge on any atom is -0.348 e. The van der Waals surface area contributed by atoms with Crippen LogP contribution in [-0.4, -0.2) is 9.97 Å². The summed E-state index contributed by atoms with van der Waals surface area (Å²) >= 11 is 0. The summed E-state index contributed by atoms with van der Waals surface area (Å²) in [6.07, 6.45) is 6.40. The first kappa shape index (κ1) is 12.9. The minimum atomic E-state index is 0.983. The zero-order chi connectivity index (χ0) is 13.0. The monoisotopic (exact) mass is 242 g/mol. The van der Waals surface area contributed by atoms with Crippen molar-refractivity contribution < 1.29 is 0 Å². The highest BCUT2D eigenvalue weighted by Gasteiger charge is 2.04. The Kier molecular flexibility index (Phi) is 4.19. The molecule has 2 nitrogen and oxygen atoms in total. The highest BCUT2D eigenvalue weighted by molar-refractivity contribution is 5.33. The van der Waals surface area contributed by atoms with Gasteiger partial charge in [0.25, 0.3) is 0 Å². The molecule has 0 saturated carbocycles. The summed E-state index contributed by atoms with van der Waals surface area (Å²) in [7, 11) is 0. The second kappa shape index (κ2) is 5.85. The average Bonchev–Trinajstić information content (AvgIpc) is 2.81. The van der Waals surface area contributed by atoms with Gasteiger partial charge in [-0.15, -0.1) is 0 Å². The highest BCUT2D eigenvalue weighted by atomic mass is 14.9. The molecule has 0 atom stereocenters. The minimum absolute atomic E-state index is 0.983. The van der Waals surface area contributed by atoms with Crippen LogP contribution in [0.3, 0.4) is 0 Å². The van der Waals surface area contributed by atoms with Crippen LogP contribution in [-0.2, 0) is 19.3 Å². The molecule has 0 fully saturated rings. The van der Waals surface area contributed by atoms with Gasteiger partial charge in [-0.05, 0) is 49.8 Å². The second-order valence-corrected chi connectivity index (χ2v) is 4.92. The van der Waals surface area contributed by atoms with Crippen LogP contribution in [0.15, 0.2) is 24.4 Å². The summed E-state index contributed by atoms with van der Waals surface area (Å²) in [5, 5.41) is 0. The number of rotatable bonds is 5. The van der Waals surface area contributed by atoms with Gasteiger partial charge >= 0.3 is 0 Å². The van der Waals surface area contributed by atoms with Gasteiger partial charge in [-0.1, -0.05) is 25.1 Å². The van der Waals surface area contributed by atoms with E-state index in [1.807, 2.05) is 6.20 Å². The van der Waals surface area contributed by atoms with E-state index in [4.69, 9.17) is 0 Å². The molecular formula is C16H22N2. The van der Waals surface area contributed by atoms with Crippen LogP contribution in [0, 0.1) is 13.8 Å². The molecule has 0 unspecified atom stereocenters. The summed E-state index contributed by atoms with van der Waals surface area (Å²) in [5.74, 6) is 1.09. The molecule has 1 aromatic heterocycles. The van der Waals surface area contributed by atoms with Crippen molar-refractivity contribution in [3.8, 4) is 0 Å². The standard InChI is InChI=1S/C16H22N2/c1-4-16-17-11-14(18-16)9-6-10-15-12(2)7-5-8-13(15)3/h5,7-8,11H,4,6,9-10H2,1-3H3,(H,17,18). The average molecular weight is 242 g/mol. The number of H-pyrrole nitrogens is 1. The Morgan fingerprint density at radius 2 is 1.83 bits per heavy atom. The molecule has 1 N–H and O–H groups in total. The Bertz CT molecular complexity index is 491. The van der Waals surface area contributed by atoms with Crippen LogP contribution < -0.4 is 0 Å². The number of hydrogen-bond acceptors (Lipinski definition) is 1. The Balaban J connectivity index is 1.92. The van der Waals surface area contributed by atoms with Gasteiger partial charge in [0.2, 0.25) is 0 Å². The summed E-state index contributed by atoms with van der Waals surface area (Å²) in [5.41, 5.74) is 5.51. The van der Waals surface area contributed by atoms with Gasteiger partial charge in [0, 0.05) is 12.6 Å². The van der Waals surface area contributed by atoms with Crippen molar-refractivity contribution in [3.05, 3.63) is 52.6 Å². The zero-order valence-electron chi connectivity index (χ0n) is 11.6. The van der Waals surface area contributed by atoms with Crippen molar-refractivity contribution in [1.82, 2.24) is 9.97 Å². The van der Waals surface area contributed by atoms with Crippen LogP contribution in [0.4, 0.5) is 0 Å². The third kappa shape index (κ3) is 3.00. The van der Waals surface area contributed by atoms with Crippen molar-refractivity contribution in [2.24, 2.45) is 0 Å². The van der Waals surface area contributed by atoms with E-state index in [-0.39, 0.29) is 0 Å². The van der Waals surface area contributed by atoms with Gasteiger partial charge in [-0.25, -0.2) is 4.98 Å². The Morgan fingerprint density at radius 3 is 2.44 bits per heavy atom. The van der Waals surface area contributed by atoms with Gasteiger partial charge < -0.3 is 4.98 Å². The molecule has 1 heterocycles. The fourth-order valence-electron chi connectivity index (χ4n) is 2.40. The maximum absolute atomic E-state index is 4.55.